The molecule has 4 heterocycles. The number of fused-ring (bicyclic) bond motifs is 1. The van der Waals surface area contributed by atoms with Gasteiger partial charge in [-0.2, -0.15) is 18.2 Å². The largest absolute Gasteiger partial charge is 0.490 e. The minimum Gasteiger partial charge on any atom is -0.490 e. The molecule has 1 amide bonds. The third kappa shape index (κ3) is 4.75. The van der Waals surface area contributed by atoms with E-state index in [4.69, 9.17) is 44.1 Å². The average molecular weight is 547 g/mol. The van der Waals surface area contributed by atoms with Gasteiger partial charge in [0.05, 0.1) is 26.7 Å². The monoisotopic (exact) mass is 545 g/mol. The zero-order valence-corrected chi connectivity index (χ0v) is 19.6. The summed E-state index contributed by atoms with van der Waals surface area (Å²) in [6, 6.07) is 3.67. The zero-order valence-electron chi connectivity index (χ0n) is 17.4. The number of pyridine rings is 1. The molecule has 5 rings (SSSR count). The molecule has 0 unspecified atom stereocenters. The summed E-state index contributed by atoms with van der Waals surface area (Å²) in [7, 11) is 0. The van der Waals surface area contributed by atoms with E-state index >= 15 is 0 Å². The SMILES string of the molecule is O=C1CC[C@H](COc2cc(Cl)c(-c3noc(-c4cn5cc(C(F)(F)F)cc(Cl)c5n4)n3)cc2Cl)N1. The molecule has 1 aliphatic rings. The van der Waals surface area contributed by atoms with Crippen molar-refractivity contribution < 1.29 is 27.2 Å². The lowest BCUT2D eigenvalue weighted by Gasteiger charge is -2.14. The fourth-order valence-electron chi connectivity index (χ4n) is 3.56. The molecule has 0 spiro atoms. The van der Waals surface area contributed by atoms with Crippen LogP contribution in [0.15, 0.2) is 35.1 Å². The maximum Gasteiger partial charge on any atom is 0.417 e. The lowest BCUT2D eigenvalue weighted by atomic mass is 10.2. The van der Waals surface area contributed by atoms with E-state index in [2.05, 4.69) is 20.4 Å². The Bertz CT molecular complexity index is 1450. The smallest absolute Gasteiger partial charge is 0.417 e. The lowest BCUT2D eigenvalue weighted by Crippen LogP contribution is -2.30. The first-order chi connectivity index (χ1) is 16.6. The predicted octanol–water partition coefficient (Wildman–Crippen LogP) is 5.69. The van der Waals surface area contributed by atoms with Crippen molar-refractivity contribution in [3.63, 3.8) is 0 Å². The van der Waals surface area contributed by atoms with Gasteiger partial charge in [-0.3, -0.25) is 4.79 Å². The number of carbonyl (C=O) groups excluding carboxylic acids is 1. The lowest BCUT2D eigenvalue weighted by molar-refractivity contribution is -0.137. The molecule has 14 heteroatoms. The topological polar surface area (TPSA) is 94.5 Å². The maximum absolute atomic E-state index is 13.1. The van der Waals surface area contributed by atoms with Gasteiger partial charge in [-0.15, -0.1) is 0 Å². The van der Waals surface area contributed by atoms with Gasteiger partial charge in [-0.25, -0.2) is 4.98 Å². The number of halogens is 6. The molecular weight excluding hydrogens is 534 g/mol. The molecule has 1 saturated heterocycles. The first kappa shape index (κ1) is 23.7. The van der Waals surface area contributed by atoms with Crippen LogP contribution in [0, 0.1) is 0 Å². The van der Waals surface area contributed by atoms with Crippen molar-refractivity contribution in [3.8, 4) is 28.7 Å². The Balaban J connectivity index is 1.40. The summed E-state index contributed by atoms with van der Waals surface area (Å²) in [6.07, 6.45) is -1.30. The summed E-state index contributed by atoms with van der Waals surface area (Å²) < 4.78 is 51.3. The van der Waals surface area contributed by atoms with Crippen molar-refractivity contribution in [3.05, 3.63) is 51.2 Å². The first-order valence-corrected chi connectivity index (χ1v) is 11.2. The first-order valence-electron chi connectivity index (χ1n) is 10.1. The van der Waals surface area contributed by atoms with Gasteiger partial charge in [-0.05, 0) is 18.6 Å². The number of nitrogens with one attached hydrogen (secondary N) is 1. The number of carbonyl (C=O) groups is 1. The number of rotatable bonds is 5. The van der Waals surface area contributed by atoms with Gasteiger partial charge in [0.1, 0.15) is 18.1 Å². The van der Waals surface area contributed by atoms with Gasteiger partial charge in [0, 0.05) is 30.4 Å². The van der Waals surface area contributed by atoms with E-state index in [0.29, 0.717) is 24.2 Å². The van der Waals surface area contributed by atoms with E-state index in [9.17, 15) is 18.0 Å². The van der Waals surface area contributed by atoms with Crippen LogP contribution in [0.2, 0.25) is 15.1 Å². The Morgan fingerprint density at radius 1 is 1.11 bits per heavy atom. The number of imidazole rings is 1. The van der Waals surface area contributed by atoms with E-state index in [-0.39, 0.29) is 56.7 Å². The van der Waals surface area contributed by atoms with E-state index in [1.165, 1.54) is 18.3 Å². The number of nitrogens with zero attached hydrogens (tertiary/aromatic N) is 4. The third-order valence-corrected chi connectivity index (χ3v) is 6.15. The highest BCUT2D eigenvalue weighted by Gasteiger charge is 2.32. The van der Waals surface area contributed by atoms with Crippen LogP contribution in [0.25, 0.3) is 28.6 Å². The third-order valence-electron chi connectivity index (χ3n) is 5.27. The second kappa shape index (κ2) is 8.89. The molecule has 1 aliphatic heterocycles. The van der Waals surface area contributed by atoms with Gasteiger partial charge >= 0.3 is 6.18 Å². The molecule has 0 bridgehead atoms. The number of alkyl halides is 3. The van der Waals surface area contributed by atoms with Crippen LogP contribution in [0.3, 0.4) is 0 Å². The standard InChI is InChI=1S/C21H13Cl3F3N5O3/c22-12-5-16(34-8-10-1-2-17(33)28-10)13(23)4-11(12)18-30-20(35-31-18)15-7-32-6-9(21(25,26)27)3-14(24)19(32)29-15/h3-7,10H,1-2,8H2,(H,28,33)/t10-/m1/s1. The number of hydrogen-bond acceptors (Lipinski definition) is 6. The highest BCUT2D eigenvalue weighted by Crippen LogP contribution is 2.37. The van der Waals surface area contributed by atoms with Gasteiger partial charge in [-0.1, -0.05) is 40.0 Å². The molecular formula is C21H13Cl3F3N5O3. The van der Waals surface area contributed by atoms with Crippen molar-refractivity contribution in [2.24, 2.45) is 0 Å². The molecule has 35 heavy (non-hydrogen) atoms. The number of amides is 1. The van der Waals surface area contributed by atoms with E-state index in [0.717, 1.165) is 16.7 Å². The highest BCUT2D eigenvalue weighted by atomic mass is 35.5. The van der Waals surface area contributed by atoms with Crippen LogP contribution in [0.1, 0.15) is 18.4 Å². The van der Waals surface area contributed by atoms with Gasteiger partial charge in [0.15, 0.2) is 5.65 Å². The summed E-state index contributed by atoms with van der Waals surface area (Å²) >= 11 is 18.7. The minimum absolute atomic E-state index is 0.0281. The second-order valence-corrected chi connectivity index (χ2v) is 8.95. The van der Waals surface area contributed by atoms with Crippen LogP contribution in [-0.4, -0.2) is 38.1 Å². The van der Waals surface area contributed by atoms with Gasteiger partial charge in [0.2, 0.25) is 11.7 Å². The fraction of sp³-hybridized carbons (Fsp3) is 0.238. The molecule has 1 fully saturated rings. The van der Waals surface area contributed by atoms with Crippen molar-refractivity contribution in [2.45, 2.75) is 25.1 Å². The van der Waals surface area contributed by atoms with Crippen LogP contribution in [-0.2, 0) is 11.0 Å². The summed E-state index contributed by atoms with van der Waals surface area (Å²) in [5.41, 5.74) is -0.375. The molecule has 4 aromatic rings. The molecule has 0 radical (unpaired) electrons. The molecule has 1 N–H and O–H groups in total. The van der Waals surface area contributed by atoms with Crippen molar-refractivity contribution in [1.29, 1.82) is 0 Å². The Hall–Kier alpha value is -3.02. The van der Waals surface area contributed by atoms with Crippen LogP contribution < -0.4 is 10.1 Å². The van der Waals surface area contributed by atoms with Gasteiger partial charge < -0.3 is 19.0 Å². The van der Waals surface area contributed by atoms with Crippen LogP contribution in [0.4, 0.5) is 13.2 Å². The Morgan fingerprint density at radius 3 is 2.63 bits per heavy atom. The fourth-order valence-corrected chi connectivity index (χ4v) is 4.27. The molecule has 3 aromatic heterocycles. The molecule has 182 valence electrons. The van der Waals surface area contributed by atoms with E-state index in [1.54, 1.807) is 0 Å². The van der Waals surface area contributed by atoms with E-state index in [1.807, 2.05) is 0 Å². The Morgan fingerprint density at radius 2 is 1.91 bits per heavy atom. The summed E-state index contributed by atoms with van der Waals surface area (Å²) in [6.45, 7) is 0.236. The number of benzene rings is 1. The highest BCUT2D eigenvalue weighted by molar-refractivity contribution is 6.36. The maximum atomic E-state index is 13.1. The zero-order chi connectivity index (χ0) is 24.9. The Kier molecular flexibility index (Phi) is 6.02. The van der Waals surface area contributed by atoms with Crippen molar-refractivity contribution >= 4 is 46.4 Å². The average Bonchev–Trinajstić information content (AvgIpc) is 3.52. The quantitative estimate of drug-likeness (QED) is 0.346. The summed E-state index contributed by atoms with van der Waals surface area (Å²) in [4.78, 5) is 19.8. The molecule has 8 nitrogen and oxygen atoms in total. The van der Waals surface area contributed by atoms with Crippen molar-refractivity contribution in [2.75, 3.05) is 6.61 Å². The molecule has 1 aromatic carbocycles. The molecule has 0 aliphatic carbocycles. The van der Waals surface area contributed by atoms with Crippen molar-refractivity contribution in [1.82, 2.24) is 24.8 Å². The van der Waals surface area contributed by atoms with Crippen LogP contribution in [0.5, 0.6) is 5.75 Å². The molecule has 0 saturated carbocycles. The summed E-state index contributed by atoms with van der Waals surface area (Å²) in [5.74, 6) is 0.318. The van der Waals surface area contributed by atoms with Gasteiger partial charge in [0.25, 0.3) is 5.89 Å². The minimum atomic E-state index is -4.57. The number of aromatic nitrogens is 4. The number of hydrogen-bond donors (Lipinski definition) is 1. The number of ether oxygens (including phenoxy) is 1. The summed E-state index contributed by atoms with van der Waals surface area (Å²) in [5, 5.41) is 6.95. The van der Waals surface area contributed by atoms with Crippen LogP contribution >= 0.6 is 34.8 Å². The Labute approximate surface area is 209 Å². The second-order valence-electron chi connectivity index (χ2n) is 7.73. The molecule has 1 atom stereocenters. The predicted molar refractivity (Wildman–Crippen MR) is 121 cm³/mol. The van der Waals surface area contributed by atoms with E-state index < -0.39 is 11.7 Å². The normalized spacial score (nSPS) is 16.2.